The van der Waals surface area contributed by atoms with Gasteiger partial charge in [-0.15, -0.1) is 0 Å². The van der Waals surface area contributed by atoms with Crippen LogP contribution >= 0.6 is 0 Å². The highest BCUT2D eigenvalue weighted by atomic mass is 15.1. The highest BCUT2D eigenvalue weighted by molar-refractivity contribution is 5.14. The molecule has 103 valence electrons. The normalized spacial score (nSPS) is 26.4. The molecule has 1 atom stereocenters. The number of likely N-dealkylation sites (tertiary alicyclic amines) is 1. The van der Waals surface area contributed by atoms with E-state index in [1.165, 1.54) is 50.8 Å². The second kappa shape index (κ2) is 6.53. The summed E-state index contributed by atoms with van der Waals surface area (Å²) in [4.78, 5) is 2.61. The molecule has 0 bridgehead atoms. The maximum atomic E-state index is 4.84. The van der Waals surface area contributed by atoms with Crippen LogP contribution in [-0.2, 0) is 6.54 Å². The molecule has 1 radical (unpaired) electrons. The SMILES string of the molecule is c1ccc(CN2CCC(C3CCCC[N]3)CC2)cc1. The van der Waals surface area contributed by atoms with Crippen LogP contribution in [0.4, 0.5) is 0 Å². The predicted octanol–water partition coefficient (Wildman–Crippen LogP) is 3.06. The van der Waals surface area contributed by atoms with Crippen molar-refractivity contribution in [2.24, 2.45) is 5.92 Å². The van der Waals surface area contributed by atoms with Gasteiger partial charge in [-0.2, -0.15) is 0 Å². The molecule has 2 heteroatoms. The third-order valence-electron chi connectivity index (χ3n) is 4.70. The van der Waals surface area contributed by atoms with Crippen molar-refractivity contribution in [1.82, 2.24) is 10.2 Å². The molecule has 2 aliphatic heterocycles. The van der Waals surface area contributed by atoms with Crippen LogP contribution in [0.1, 0.15) is 37.7 Å². The molecule has 2 saturated heterocycles. The molecule has 2 nitrogen and oxygen atoms in total. The Kier molecular flexibility index (Phi) is 4.52. The van der Waals surface area contributed by atoms with Crippen molar-refractivity contribution < 1.29 is 0 Å². The van der Waals surface area contributed by atoms with Gasteiger partial charge in [-0.3, -0.25) is 4.90 Å². The zero-order valence-electron chi connectivity index (χ0n) is 11.8. The van der Waals surface area contributed by atoms with Crippen molar-refractivity contribution in [1.29, 1.82) is 0 Å². The lowest BCUT2D eigenvalue weighted by Crippen LogP contribution is -2.42. The number of benzene rings is 1. The molecule has 1 aromatic carbocycles. The van der Waals surface area contributed by atoms with Gasteiger partial charge >= 0.3 is 0 Å². The van der Waals surface area contributed by atoms with Crippen LogP contribution in [0.25, 0.3) is 0 Å². The van der Waals surface area contributed by atoms with E-state index in [9.17, 15) is 0 Å². The van der Waals surface area contributed by atoms with E-state index < -0.39 is 0 Å². The molecule has 0 N–H and O–H groups in total. The topological polar surface area (TPSA) is 17.3 Å². The highest BCUT2D eigenvalue weighted by Crippen LogP contribution is 2.26. The van der Waals surface area contributed by atoms with E-state index in [0.29, 0.717) is 6.04 Å². The summed E-state index contributed by atoms with van der Waals surface area (Å²) >= 11 is 0. The fourth-order valence-electron chi connectivity index (χ4n) is 3.54. The minimum Gasteiger partial charge on any atom is -0.299 e. The summed E-state index contributed by atoms with van der Waals surface area (Å²) < 4.78 is 0. The Labute approximate surface area is 117 Å². The molecule has 0 amide bonds. The molecule has 0 spiro atoms. The van der Waals surface area contributed by atoms with Crippen molar-refractivity contribution in [2.75, 3.05) is 19.6 Å². The highest BCUT2D eigenvalue weighted by Gasteiger charge is 2.27. The van der Waals surface area contributed by atoms with Crippen LogP contribution < -0.4 is 5.32 Å². The van der Waals surface area contributed by atoms with E-state index in [2.05, 4.69) is 35.2 Å². The van der Waals surface area contributed by atoms with Gasteiger partial charge in [-0.05, 0) is 50.3 Å². The summed E-state index contributed by atoms with van der Waals surface area (Å²) in [7, 11) is 0. The first kappa shape index (κ1) is 13.1. The maximum absolute atomic E-state index is 4.84. The van der Waals surface area contributed by atoms with Gasteiger partial charge in [0.2, 0.25) is 0 Å². The Morgan fingerprint density at radius 2 is 1.79 bits per heavy atom. The number of piperidine rings is 2. The Hall–Kier alpha value is -0.860. The molecule has 2 aliphatic rings. The average molecular weight is 257 g/mol. The average Bonchev–Trinajstić information content (AvgIpc) is 2.50. The van der Waals surface area contributed by atoms with Gasteiger partial charge in [0, 0.05) is 19.1 Å². The minimum absolute atomic E-state index is 0.688. The van der Waals surface area contributed by atoms with Gasteiger partial charge in [0.15, 0.2) is 0 Å². The minimum atomic E-state index is 0.688. The second-order valence-corrected chi connectivity index (χ2v) is 6.07. The quantitative estimate of drug-likeness (QED) is 0.813. The lowest BCUT2D eigenvalue weighted by molar-refractivity contribution is 0.141. The predicted molar refractivity (Wildman–Crippen MR) is 79.1 cm³/mol. The van der Waals surface area contributed by atoms with Crippen molar-refractivity contribution in [3.63, 3.8) is 0 Å². The van der Waals surface area contributed by atoms with E-state index >= 15 is 0 Å². The van der Waals surface area contributed by atoms with E-state index in [1.54, 1.807) is 0 Å². The molecular formula is C17H25N2. The summed E-state index contributed by atoms with van der Waals surface area (Å²) in [5.74, 6) is 0.868. The Bertz CT molecular complexity index is 362. The monoisotopic (exact) mass is 257 g/mol. The largest absolute Gasteiger partial charge is 0.299 e. The second-order valence-electron chi connectivity index (χ2n) is 6.07. The lowest BCUT2D eigenvalue weighted by atomic mass is 9.85. The molecule has 0 aliphatic carbocycles. The molecule has 2 heterocycles. The first-order valence-electron chi connectivity index (χ1n) is 7.85. The number of rotatable bonds is 3. The first-order chi connectivity index (χ1) is 9.42. The molecule has 19 heavy (non-hydrogen) atoms. The number of hydrogen-bond acceptors (Lipinski definition) is 1. The molecule has 1 aromatic rings. The Balaban J connectivity index is 1.46. The lowest BCUT2D eigenvalue weighted by Gasteiger charge is -2.37. The Morgan fingerprint density at radius 1 is 1.00 bits per heavy atom. The van der Waals surface area contributed by atoms with Gasteiger partial charge in [-0.1, -0.05) is 36.8 Å². The summed E-state index contributed by atoms with van der Waals surface area (Å²) in [6.07, 6.45) is 6.77. The number of nitrogens with zero attached hydrogens (tertiary/aromatic N) is 2. The van der Waals surface area contributed by atoms with Gasteiger partial charge in [0.25, 0.3) is 0 Å². The molecule has 0 aromatic heterocycles. The summed E-state index contributed by atoms with van der Waals surface area (Å²) in [5, 5.41) is 4.84. The summed E-state index contributed by atoms with van der Waals surface area (Å²) in [6.45, 7) is 4.75. The van der Waals surface area contributed by atoms with Crippen LogP contribution in [0.3, 0.4) is 0 Å². The van der Waals surface area contributed by atoms with Crippen molar-refractivity contribution in [3.8, 4) is 0 Å². The smallest absolute Gasteiger partial charge is 0.0275 e. The zero-order chi connectivity index (χ0) is 12.9. The fourth-order valence-corrected chi connectivity index (χ4v) is 3.54. The fraction of sp³-hybridized carbons (Fsp3) is 0.647. The summed E-state index contributed by atoms with van der Waals surface area (Å²) in [6, 6.07) is 11.5. The van der Waals surface area contributed by atoms with Crippen LogP contribution in [-0.4, -0.2) is 30.6 Å². The van der Waals surface area contributed by atoms with Crippen molar-refractivity contribution >= 4 is 0 Å². The van der Waals surface area contributed by atoms with Crippen LogP contribution in [0.5, 0.6) is 0 Å². The molecular weight excluding hydrogens is 232 g/mol. The number of hydrogen-bond donors (Lipinski definition) is 0. The van der Waals surface area contributed by atoms with Gasteiger partial charge in [-0.25, -0.2) is 5.32 Å². The zero-order valence-corrected chi connectivity index (χ0v) is 11.8. The van der Waals surface area contributed by atoms with Crippen LogP contribution in [0.2, 0.25) is 0 Å². The van der Waals surface area contributed by atoms with Gasteiger partial charge in [0.1, 0.15) is 0 Å². The molecule has 3 rings (SSSR count). The van der Waals surface area contributed by atoms with E-state index in [0.717, 1.165) is 19.0 Å². The maximum Gasteiger partial charge on any atom is 0.0275 e. The standard InChI is InChI=1S/C17H25N2/c1-2-6-15(7-3-1)14-19-12-9-16(10-13-19)17-8-4-5-11-18-17/h1-3,6-7,16-17H,4-5,8-14H2. The van der Waals surface area contributed by atoms with E-state index in [4.69, 9.17) is 5.32 Å². The van der Waals surface area contributed by atoms with Crippen LogP contribution in [0, 0.1) is 5.92 Å². The van der Waals surface area contributed by atoms with Gasteiger partial charge < -0.3 is 0 Å². The van der Waals surface area contributed by atoms with Gasteiger partial charge in [0.05, 0.1) is 0 Å². The Morgan fingerprint density at radius 3 is 2.47 bits per heavy atom. The molecule has 0 saturated carbocycles. The van der Waals surface area contributed by atoms with Crippen LogP contribution in [0.15, 0.2) is 30.3 Å². The van der Waals surface area contributed by atoms with E-state index in [-0.39, 0.29) is 0 Å². The molecule has 2 fully saturated rings. The third-order valence-corrected chi connectivity index (χ3v) is 4.70. The van der Waals surface area contributed by atoms with Crippen molar-refractivity contribution in [3.05, 3.63) is 35.9 Å². The van der Waals surface area contributed by atoms with Crippen molar-refractivity contribution in [2.45, 2.75) is 44.7 Å². The first-order valence-corrected chi connectivity index (χ1v) is 7.85. The van der Waals surface area contributed by atoms with E-state index in [1.807, 2.05) is 0 Å². The third kappa shape index (κ3) is 3.58. The summed E-state index contributed by atoms with van der Waals surface area (Å²) in [5.41, 5.74) is 1.45. The molecule has 1 unspecified atom stereocenters.